The third-order valence-electron chi connectivity index (χ3n) is 2.44. The lowest BCUT2D eigenvalue weighted by molar-refractivity contribution is -0.160. The quantitative estimate of drug-likeness (QED) is 0.507. The molecule has 0 unspecified atom stereocenters. The minimum atomic E-state index is -0.622. The molecule has 0 atom stereocenters. The number of likely N-dealkylation sites (tertiary alicyclic amines) is 1. The van der Waals surface area contributed by atoms with Gasteiger partial charge in [-0.15, -0.1) is 0 Å². The van der Waals surface area contributed by atoms with Crippen molar-refractivity contribution < 1.29 is 23.9 Å². The summed E-state index contributed by atoms with van der Waals surface area (Å²) in [7, 11) is 1.23. The van der Waals surface area contributed by atoms with E-state index in [4.69, 9.17) is 4.74 Å². The van der Waals surface area contributed by atoms with Gasteiger partial charge in [-0.3, -0.25) is 9.59 Å². The highest BCUT2D eigenvalue weighted by Gasteiger charge is 2.32. The van der Waals surface area contributed by atoms with Crippen molar-refractivity contribution in [2.75, 3.05) is 20.2 Å². The van der Waals surface area contributed by atoms with Gasteiger partial charge in [0.1, 0.15) is 6.10 Å². The van der Waals surface area contributed by atoms with Crippen LogP contribution in [-0.2, 0) is 23.9 Å². The second kappa shape index (κ2) is 5.47. The molecule has 1 heterocycles. The number of ether oxygens (including phenoxy) is 2. The van der Waals surface area contributed by atoms with E-state index >= 15 is 0 Å². The van der Waals surface area contributed by atoms with Gasteiger partial charge in [0.15, 0.2) is 0 Å². The smallest absolute Gasteiger partial charge is 0.334 e. The maximum atomic E-state index is 11.4. The lowest BCUT2D eigenvalue weighted by Crippen LogP contribution is -2.54. The number of nitrogens with zero attached hydrogens (tertiary/aromatic N) is 1. The first-order valence-corrected chi connectivity index (χ1v) is 5.15. The Hall–Kier alpha value is -1.85. The molecule has 1 aliphatic heterocycles. The van der Waals surface area contributed by atoms with Crippen LogP contribution in [0, 0.1) is 0 Å². The molecule has 0 saturated carbocycles. The molecule has 94 valence electrons. The van der Waals surface area contributed by atoms with Gasteiger partial charge in [-0.1, -0.05) is 6.58 Å². The predicted octanol–water partition coefficient (Wildman–Crippen LogP) is -0.120. The Kier molecular flexibility index (Phi) is 4.25. The minimum absolute atomic E-state index is 0.0503. The molecule has 1 rings (SSSR count). The summed E-state index contributed by atoms with van der Waals surface area (Å²) >= 11 is 0. The fourth-order valence-electron chi connectivity index (χ4n) is 1.32. The summed E-state index contributed by atoms with van der Waals surface area (Å²) in [6.07, 6.45) is -0.487. The Balaban J connectivity index is 2.29. The van der Waals surface area contributed by atoms with Crippen LogP contribution in [-0.4, -0.2) is 49.0 Å². The van der Waals surface area contributed by atoms with Gasteiger partial charge in [-0.2, -0.15) is 0 Å². The second-order valence-electron chi connectivity index (χ2n) is 3.81. The number of rotatable bonds is 4. The van der Waals surface area contributed by atoms with Crippen LogP contribution in [0.2, 0.25) is 0 Å². The fraction of sp³-hybridized carbons (Fsp3) is 0.545. The average molecular weight is 241 g/mol. The van der Waals surface area contributed by atoms with E-state index < -0.39 is 11.9 Å². The third kappa shape index (κ3) is 3.58. The van der Waals surface area contributed by atoms with E-state index in [1.165, 1.54) is 14.0 Å². The van der Waals surface area contributed by atoms with E-state index in [-0.39, 0.29) is 24.0 Å². The molecule has 17 heavy (non-hydrogen) atoms. The molecule has 0 aromatic carbocycles. The van der Waals surface area contributed by atoms with Crippen molar-refractivity contribution >= 4 is 17.8 Å². The van der Waals surface area contributed by atoms with Crippen molar-refractivity contribution in [3.8, 4) is 0 Å². The van der Waals surface area contributed by atoms with Crippen LogP contribution in [0.5, 0.6) is 0 Å². The molecule has 1 fully saturated rings. The Morgan fingerprint density at radius 3 is 2.41 bits per heavy atom. The number of hydrogen-bond donors (Lipinski definition) is 0. The predicted molar refractivity (Wildman–Crippen MR) is 57.9 cm³/mol. The fourth-order valence-corrected chi connectivity index (χ4v) is 1.32. The van der Waals surface area contributed by atoms with Gasteiger partial charge in [0.25, 0.3) is 0 Å². The number of amides is 1. The number of hydrogen-bond acceptors (Lipinski definition) is 5. The summed E-state index contributed by atoms with van der Waals surface area (Å²) in [6.45, 7) is 5.70. The highest BCUT2D eigenvalue weighted by atomic mass is 16.5. The van der Waals surface area contributed by atoms with Crippen molar-refractivity contribution in [1.82, 2.24) is 4.90 Å². The van der Waals surface area contributed by atoms with E-state index in [2.05, 4.69) is 11.3 Å². The Bertz CT molecular complexity index is 357. The summed E-state index contributed by atoms with van der Waals surface area (Å²) in [6, 6.07) is 0. The third-order valence-corrected chi connectivity index (χ3v) is 2.44. The van der Waals surface area contributed by atoms with Gasteiger partial charge in [0, 0.05) is 12.5 Å². The molecule has 1 saturated heterocycles. The Labute approximate surface area is 99.2 Å². The molecule has 0 spiro atoms. The van der Waals surface area contributed by atoms with Crippen LogP contribution in [0.15, 0.2) is 12.2 Å². The molecule has 1 aliphatic rings. The van der Waals surface area contributed by atoms with Crippen molar-refractivity contribution in [3.63, 3.8) is 0 Å². The van der Waals surface area contributed by atoms with E-state index in [0.29, 0.717) is 13.1 Å². The lowest BCUT2D eigenvalue weighted by Gasteiger charge is -2.37. The molecule has 0 radical (unpaired) electrons. The summed E-state index contributed by atoms with van der Waals surface area (Å²) in [5, 5.41) is 0. The van der Waals surface area contributed by atoms with Gasteiger partial charge < -0.3 is 14.4 Å². The molecular formula is C11H15NO5. The summed E-state index contributed by atoms with van der Waals surface area (Å²) in [5.41, 5.74) is 0.0538. The molecule has 0 aliphatic carbocycles. The first-order valence-electron chi connectivity index (χ1n) is 5.15. The van der Waals surface area contributed by atoms with Gasteiger partial charge in [-0.05, 0) is 0 Å². The average Bonchev–Trinajstić information content (AvgIpc) is 2.21. The van der Waals surface area contributed by atoms with E-state index in [1.54, 1.807) is 4.90 Å². The van der Waals surface area contributed by atoms with Gasteiger partial charge in [0.05, 0.1) is 26.6 Å². The molecule has 0 N–H and O–H groups in total. The second-order valence-corrected chi connectivity index (χ2v) is 3.81. The minimum Gasteiger partial charge on any atom is -0.469 e. The van der Waals surface area contributed by atoms with E-state index in [0.717, 1.165) is 0 Å². The van der Waals surface area contributed by atoms with Gasteiger partial charge in [-0.25, -0.2) is 4.79 Å². The van der Waals surface area contributed by atoms with Crippen LogP contribution in [0.25, 0.3) is 0 Å². The van der Waals surface area contributed by atoms with Crippen molar-refractivity contribution in [1.29, 1.82) is 0 Å². The normalized spacial score (nSPS) is 14.8. The monoisotopic (exact) mass is 241 g/mol. The van der Waals surface area contributed by atoms with Crippen molar-refractivity contribution in [2.24, 2.45) is 0 Å². The SMILES string of the molecule is C=C(CC(=O)OC)C(=O)OC1CN(C(C)=O)C1. The zero-order valence-electron chi connectivity index (χ0n) is 9.89. The maximum Gasteiger partial charge on any atom is 0.334 e. The molecular weight excluding hydrogens is 226 g/mol. The van der Waals surface area contributed by atoms with Crippen molar-refractivity contribution in [3.05, 3.63) is 12.2 Å². The molecule has 0 aromatic rings. The summed E-state index contributed by atoms with van der Waals surface area (Å²) in [5.74, 6) is -1.21. The van der Waals surface area contributed by atoms with Crippen LogP contribution < -0.4 is 0 Å². The Morgan fingerprint density at radius 2 is 1.94 bits per heavy atom. The standard InChI is InChI=1S/C11H15NO5/c1-7(4-10(14)16-3)11(15)17-9-5-12(6-9)8(2)13/h9H,1,4-6H2,2-3H3. The molecule has 1 amide bonds. The molecule has 0 bridgehead atoms. The number of carbonyl (C=O) groups excluding carboxylic acids is 3. The number of carbonyl (C=O) groups is 3. The zero-order chi connectivity index (χ0) is 13.0. The highest BCUT2D eigenvalue weighted by Crippen LogP contribution is 2.14. The van der Waals surface area contributed by atoms with Crippen LogP contribution in [0.4, 0.5) is 0 Å². The van der Waals surface area contributed by atoms with E-state index in [9.17, 15) is 14.4 Å². The first-order chi connectivity index (χ1) is 7.93. The Morgan fingerprint density at radius 1 is 1.35 bits per heavy atom. The van der Waals surface area contributed by atoms with Crippen molar-refractivity contribution in [2.45, 2.75) is 19.4 Å². The van der Waals surface area contributed by atoms with Crippen LogP contribution in [0.3, 0.4) is 0 Å². The topological polar surface area (TPSA) is 72.9 Å². The van der Waals surface area contributed by atoms with Gasteiger partial charge in [0.2, 0.25) is 5.91 Å². The van der Waals surface area contributed by atoms with Crippen LogP contribution >= 0.6 is 0 Å². The lowest BCUT2D eigenvalue weighted by atomic mass is 10.1. The van der Waals surface area contributed by atoms with E-state index in [1.807, 2.05) is 0 Å². The summed E-state index contributed by atoms with van der Waals surface area (Å²) in [4.78, 5) is 34.8. The van der Waals surface area contributed by atoms with Gasteiger partial charge >= 0.3 is 11.9 Å². The largest absolute Gasteiger partial charge is 0.469 e. The first kappa shape index (κ1) is 13.2. The summed E-state index contributed by atoms with van der Waals surface area (Å²) < 4.78 is 9.44. The molecule has 0 aromatic heterocycles. The maximum absolute atomic E-state index is 11.4. The highest BCUT2D eigenvalue weighted by molar-refractivity contribution is 5.93. The van der Waals surface area contributed by atoms with Crippen LogP contribution in [0.1, 0.15) is 13.3 Å². The molecule has 6 heteroatoms. The number of esters is 2. The zero-order valence-corrected chi connectivity index (χ0v) is 9.89. The molecule has 6 nitrogen and oxygen atoms in total. The number of methoxy groups -OCH3 is 1.